The van der Waals surface area contributed by atoms with Crippen LogP contribution < -0.4 is 5.32 Å². The van der Waals surface area contributed by atoms with E-state index in [1.54, 1.807) is 6.92 Å². The fraction of sp³-hybridized carbons (Fsp3) is 0.857. The normalized spacial score (nSPS) is 25.5. The fourth-order valence-corrected chi connectivity index (χ4v) is 3.45. The van der Waals surface area contributed by atoms with Crippen molar-refractivity contribution in [2.75, 3.05) is 6.54 Å². The monoisotopic (exact) mass is 268 g/mol. The zero-order chi connectivity index (χ0) is 13.8. The molecule has 1 aliphatic carbocycles. The van der Waals surface area contributed by atoms with E-state index >= 15 is 0 Å². The summed E-state index contributed by atoms with van der Waals surface area (Å²) in [6.45, 7) is 2.54. The van der Waals surface area contributed by atoms with Crippen LogP contribution >= 0.6 is 0 Å². The van der Waals surface area contributed by atoms with Gasteiger partial charge in [-0.05, 0) is 38.0 Å². The number of hydrogen-bond donors (Lipinski definition) is 2. The number of rotatable bonds is 4. The predicted molar refractivity (Wildman–Crippen MR) is 71.9 cm³/mol. The number of hydrogen-bond acceptors (Lipinski definition) is 2. The van der Waals surface area contributed by atoms with Gasteiger partial charge in [0.1, 0.15) is 6.04 Å². The van der Waals surface area contributed by atoms with Crippen LogP contribution in [-0.2, 0) is 4.79 Å². The molecule has 0 aromatic heterocycles. The van der Waals surface area contributed by atoms with Gasteiger partial charge in [-0.25, -0.2) is 9.59 Å². The van der Waals surface area contributed by atoms with E-state index in [9.17, 15) is 9.59 Å². The molecular formula is C14H24N2O3. The van der Waals surface area contributed by atoms with E-state index in [2.05, 4.69) is 5.32 Å². The van der Waals surface area contributed by atoms with Gasteiger partial charge in [-0.3, -0.25) is 0 Å². The molecule has 5 nitrogen and oxygen atoms in total. The largest absolute Gasteiger partial charge is 0.480 e. The van der Waals surface area contributed by atoms with Gasteiger partial charge >= 0.3 is 12.0 Å². The van der Waals surface area contributed by atoms with Crippen LogP contribution in [0.3, 0.4) is 0 Å². The lowest BCUT2D eigenvalue weighted by Crippen LogP contribution is -2.50. The van der Waals surface area contributed by atoms with E-state index in [0.29, 0.717) is 18.4 Å². The average Bonchev–Trinajstić information content (AvgIpc) is 3.03. The summed E-state index contributed by atoms with van der Waals surface area (Å²) in [5.41, 5.74) is 0. The minimum Gasteiger partial charge on any atom is -0.480 e. The summed E-state index contributed by atoms with van der Waals surface area (Å²) in [4.78, 5) is 25.1. The zero-order valence-corrected chi connectivity index (χ0v) is 11.6. The first-order valence-corrected chi connectivity index (χ1v) is 7.43. The molecule has 5 heteroatoms. The van der Waals surface area contributed by atoms with E-state index in [-0.39, 0.29) is 6.03 Å². The highest BCUT2D eigenvalue weighted by Gasteiger charge is 2.36. The Kier molecular flexibility index (Phi) is 4.66. The maximum absolute atomic E-state index is 12.2. The number of carbonyl (C=O) groups excluding carboxylic acids is 1. The number of likely N-dealkylation sites (tertiary alicyclic amines) is 1. The summed E-state index contributed by atoms with van der Waals surface area (Å²) in [6.07, 6.45) is 7.49. The van der Waals surface area contributed by atoms with E-state index in [1.165, 1.54) is 25.7 Å². The van der Waals surface area contributed by atoms with E-state index in [1.807, 2.05) is 4.90 Å². The number of nitrogens with one attached hydrogen (secondary N) is 1. The zero-order valence-electron chi connectivity index (χ0n) is 11.6. The molecule has 1 saturated heterocycles. The molecule has 1 unspecified atom stereocenters. The van der Waals surface area contributed by atoms with Gasteiger partial charge in [0.25, 0.3) is 0 Å². The van der Waals surface area contributed by atoms with Crippen molar-refractivity contribution in [3.05, 3.63) is 0 Å². The fourth-order valence-electron chi connectivity index (χ4n) is 3.45. The Labute approximate surface area is 114 Å². The second-order valence-corrected chi connectivity index (χ2v) is 5.70. The highest BCUT2D eigenvalue weighted by atomic mass is 16.4. The molecule has 2 aliphatic rings. The van der Waals surface area contributed by atoms with Crippen molar-refractivity contribution < 1.29 is 14.7 Å². The molecular weight excluding hydrogens is 244 g/mol. The minimum atomic E-state index is -0.951. The van der Waals surface area contributed by atoms with Crippen molar-refractivity contribution in [2.24, 2.45) is 5.92 Å². The molecule has 0 radical (unpaired) electrons. The van der Waals surface area contributed by atoms with Gasteiger partial charge in [-0.15, -0.1) is 0 Å². The van der Waals surface area contributed by atoms with Crippen LogP contribution in [0.1, 0.15) is 51.9 Å². The number of carboxylic acids is 1. The third kappa shape index (κ3) is 3.19. The Morgan fingerprint density at radius 2 is 1.95 bits per heavy atom. The van der Waals surface area contributed by atoms with Gasteiger partial charge in [0.2, 0.25) is 0 Å². The quantitative estimate of drug-likeness (QED) is 0.821. The number of amides is 2. The van der Waals surface area contributed by atoms with Gasteiger partial charge in [0, 0.05) is 12.6 Å². The standard InChI is InChI=1S/C14H24N2O3/c1-2-11(13(17)18)15-14(19)16-9-5-8-12(16)10-6-3-4-7-10/h10-12H,2-9H2,1H3,(H,15,19)(H,17,18)/t11-,12?/m0/s1. The Bertz CT molecular complexity index is 340. The summed E-state index contributed by atoms with van der Waals surface area (Å²) in [7, 11) is 0. The third-order valence-corrected chi connectivity index (χ3v) is 4.51. The van der Waals surface area contributed by atoms with Crippen molar-refractivity contribution in [1.82, 2.24) is 10.2 Å². The molecule has 19 heavy (non-hydrogen) atoms. The lowest BCUT2D eigenvalue weighted by Gasteiger charge is -2.30. The number of carbonyl (C=O) groups is 2. The van der Waals surface area contributed by atoms with Crippen molar-refractivity contribution in [1.29, 1.82) is 0 Å². The highest BCUT2D eigenvalue weighted by molar-refractivity contribution is 5.82. The molecule has 2 atom stereocenters. The summed E-state index contributed by atoms with van der Waals surface area (Å²) in [5, 5.41) is 11.7. The molecule has 1 aliphatic heterocycles. The molecule has 108 valence electrons. The summed E-state index contributed by atoms with van der Waals surface area (Å²) < 4.78 is 0. The smallest absolute Gasteiger partial charge is 0.326 e. The third-order valence-electron chi connectivity index (χ3n) is 4.51. The molecule has 2 rings (SSSR count). The van der Waals surface area contributed by atoms with Gasteiger partial charge in [-0.2, -0.15) is 0 Å². The summed E-state index contributed by atoms with van der Waals surface area (Å²) >= 11 is 0. The molecule has 0 spiro atoms. The van der Waals surface area contributed by atoms with Gasteiger partial charge < -0.3 is 15.3 Å². The molecule has 2 fully saturated rings. The van der Waals surface area contributed by atoms with Crippen molar-refractivity contribution in [3.8, 4) is 0 Å². The Morgan fingerprint density at radius 3 is 2.53 bits per heavy atom. The molecule has 1 saturated carbocycles. The number of urea groups is 1. The van der Waals surface area contributed by atoms with Crippen LogP contribution in [0.4, 0.5) is 4.79 Å². The lowest BCUT2D eigenvalue weighted by molar-refractivity contribution is -0.139. The Hall–Kier alpha value is -1.26. The summed E-state index contributed by atoms with van der Waals surface area (Å²) in [5.74, 6) is -0.328. The predicted octanol–water partition coefficient (Wildman–Crippen LogP) is 2.21. The van der Waals surface area contributed by atoms with Gasteiger partial charge in [0.15, 0.2) is 0 Å². The summed E-state index contributed by atoms with van der Waals surface area (Å²) in [6, 6.07) is -0.630. The van der Waals surface area contributed by atoms with Crippen molar-refractivity contribution in [3.63, 3.8) is 0 Å². The molecule has 0 aromatic carbocycles. The van der Waals surface area contributed by atoms with Crippen molar-refractivity contribution >= 4 is 12.0 Å². The SMILES string of the molecule is CC[C@H](NC(=O)N1CCCC1C1CCCC1)C(=O)O. The van der Waals surface area contributed by atoms with Crippen LogP contribution in [-0.4, -0.2) is 40.6 Å². The molecule has 2 N–H and O–H groups in total. The van der Waals surface area contributed by atoms with Crippen molar-refractivity contribution in [2.45, 2.75) is 64.0 Å². The number of aliphatic carboxylic acids is 1. The van der Waals surface area contributed by atoms with E-state index < -0.39 is 12.0 Å². The molecule has 1 heterocycles. The Morgan fingerprint density at radius 1 is 1.26 bits per heavy atom. The number of carboxylic acid groups (broad SMARTS) is 1. The topological polar surface area (TPSA) is 69.6 Å². The molecule has 2 amide bonds. The number of nitrogens with zero attached hydrogens (tertiary/aromatic N) is 1. The van der Waals surface area contributed by atoms with Gasteiger partial charge in [-0.1, -0.05) is 19.8 Å². The first kappa shape index (κ1) is 14.2. The van der Waals surface area contributed by atoms with Gasteiger partial charge in [0.05, 0.1) is 0 Å². The van der Waals surface area contributed by atoms with Crippen LogP contribution in [0.2, 0.25) is 0 Å². The first-order valence-electron chi connectivity index (χ1n) is 7.43. The van der Waals surface area contributed by atoms with Crippen LogP contribution in [0.25, 0.3) is 0 Å². The minimum absolute atomic E-state index is 0.191. The second-order valence-electron chi connectivity index (χ2n) is 5.70. The second kappa shape index (κ2) is 6.26. The first-order chi connectivity index (χ1) is 9.13. The van der Waals surface area contributed by atoms with Crippen LogP contribution in [0.5, 0.6) is 0 Å². The van der Waals surface area contributed by atoms with Crippen LogP contribution in [0.15, 0.2) is 0 Å². The molecule has 0 bridgehead atoms. The van der Waals surface area contributed by atoms with E-state index in [4.69, 9.17) is 5.11 Å². The maximum atomic E-state index is 12.2. The van der Waals surface area contributed by atoms with Crippen LogP contribution in [0, 0.1) is 5.92 Å². The molecule has 0 aromatic rings. The average molecular weight is 268 g/mol. The maximum Gasteiger partial charge on any atom is 0.326 e. The Balaban J connectivity index is 1.95. The lowest BCUT2D eigenvalue weighted by atomic mass is 9.96. The van der Waals surface area contributed by atoms with E-state index in [0.717, 1.165) is 19.4 Å². The highest BCUT2D eigenvalue weighted by Crippen LogP contribution is 2.35.